The molecular weight excluding hydrogens is 456 g/mol. The fourth-order valence-corrected chi connectivity index (χ4v) is 4.71. The first-order valence-corrected chi connectivity index (χ1v) is 9.91. The van der Waals surface area contributed by atoms with E-state index >= 15 is 0 Å². The molecule has 0 amide bonds. The Balaban J connectivity index is 1.76. The number of Topliss-reactive ketones (excluding diaryl/α,β-unsaturated/α-hetero) is 2. The zero-order valence-electron chi connectivity index (χ0n) is 13.5. The average Bonchev–Trinajstić information content (AvgIpc) is 2.63. The molecule has 0 saturated heterocycles. The smallest absolute Gasteiger partial charge is 0.171 e. The quantitative estimate of drug-likeness (QED) is 0.495. The zero-order valence-corrected chi connectivity index (χ0v) is 16.7. The van der Waals surface area contributed by atoms with Gasteiger partial charge in [0.15, 0.2) is 11.6 Å². The van der Waals surface area contributed by atoms with Gasteiger partial charge in [0.2, 0.25) is 0 Å². The third-order valence-corrected chi connectivity index (χ3v) is 6.22. The summed E-state index contributed by atoms with van der Waals surface area (Å²) in [5.41, 5.74) is 1.07. The molecule has 5 rings (SSSR count). The number of ketones is 2. The predicted octanol–water partition coefficient (Wildman–Crippen LogP) is 4.25. The van der Waals surface area contributed by atoms with E-state index in [9.17, 15) is 9.59 Å². The second kappa shape index (κ2) is 5.73. The predicted molar refractivity (Wildman–Crippen MR) is 110 cm³/mol. The maximum atomic E-state index is 13.2. The van der Waals surface area contributed by atoms with Crippen molar-refractivity contribution in [1.82, 2.24) is 0 Å². The monoisotopic (exact) mass is 466 g/mol. The summed E-state index contributed by atoms with van der Waals surface area (Å²) in [6, 6.07) is 15.5. The minimum atomic E-state index is -0.429. The Kier molecular flexibility index (Phi) is 3.56. The van der Waals surface area contributed by atoms with Crippen LogP contribution in [0.3, 0.4) is 0 Å². The molecule has 0 N–H and O–H groups in total. The van der Waals surface area contributed by atoms with Gasteiger partial charge in [0, 0.05) is 20.1 Å². The van der Waals surface area contributed by atoms with E-state index in [1.165, 1.54) is 0 Å². The van der Waals surface area contributed by atoms with E-state index in [1.807, 2.05) is 60.7 Å². The van der Waals surface area contributed by atoms with Crippen LogP contribution in [0, 0.1) is 11.8 Å². The fraction of sp³-hybridized carbons (Fsp3) is 0.0909. The molecule has 3 aromatic carbocycles. The molecule has 126 valence electrons. The normalized spacial score (nSPS) is 20.7. The number of fused-ring (bicyclic) bond motifs is 4. The van der Waals surface area contributed by atoms with Crippen molar-refractivity contribution in [2.45, 2.75) is 0 Å². The summed E-state index contributed by atoms with van der Waals surface area (Å²) in [5, 5.41) is 3.92. The highest BCUT2D eigenvalue weighted by atomic mass is 79.9. The summed E-state index contributed by atoms with van der Waals surface area (Å²) < 4.78 is 1.92. The van der Waals surface area contributed by atoms with Gasteiger partial charge in [-0.25, -0.2) is 0 Å². The van der Waals surface area contributed by atoms with Crippen LogP contribution < -0.4 is 10.4 Å². The van der Waals surface area contributed by atoms with Crippen molar-refractivity contribution in [1.29, 1.82) is 0 Å². The molecule has 0 aromatic heterocycles. The highest BCUT2D eigenvalue weighted by molar-refractivity contribution is 9.10. The van der Waals surface area contributed by atoms with Crippen LogP contribution in [-0.4, -0.2) is 11.6 Å². The lowest BCUT2D eigenvalue weighted by Crippen LogP contribution is -2.42. The van der Waals surface area contributed by atoms with Crippen LogP contribution in [0.5, 0.6) is 0 Å². The molecule has 0 spiro atoms. The van der Waals surface area contributed by atoms with Crippen molar-refractivity contribution in [3.63, 3.8) is 0 Å². The van der Waals surface area contributed by atoms with Gasteiger partial charge < -0.3 is 0 Å². The minimum absolute atomic E-state index is 0.0216. The fourth-order valence-electron chi connectivity index (χ4n) is 3.95. The van der Waals surface area contributed by atoms with Crippen molar-refractivity contribution in [3.05, 3.63) is 79.0 Å². The maximum Gasteiger partial charge on any atom is 0.171 e. The number of carbonyl (C=O) groups excluding carboxylic acids is 2. The Hall–Kier alpha value is -2.04. The maximum absolute atomic E-state index is 13.2. The molecule has 4 heteroatoms. The molecule has 0 fully saturated rings. The first kappa shape index (κ1) is 16.2. The number of benzene rings is 3. The topological polar surface area (TPSA) is 34.1 Å². The van der Waals surface area contributed by atoms with Gasteiger partial charge in [0.25, 0.3) is 0 Å². The van der Waals surface area contributed by atoms with Crippen LogP contribution in [0.25, 0.3) is 22.9 Å². The van der Waals surface area contributed by atoms with Gasteiger partial charge in [-0.15, -0.1) is 0 Å². The molecule has 0 saturated carbocycles. The SMILES string of the molecule is O=C1c2cc3ccc(Br)cc3cc2C(=O)C2C=c3cc(Br)ccc3=CC12. The third kappa shape index (κ3) is 2.36. The molecule has 26 heavy (non-hydrogen) atoms. The average molecular weight is 468 g/mol. The van der Waals surface area contributed by atoms with E-state index in [1.54, 1.807) is 0 Å². The molecular formula is C22H12Br2O2. The molecule has 0 radical (unpaired) electrons. The first-order chi connectivity index (χ1) is 12.5. The molecule has 2 nitrogen and oxygen atoms in total. The summed E-state index contributed by atoms with van der Waals surface area (Å²) in [5.74, 6) is -0.800. The van der Waals surface area contributed by atoms with Crippen LogP contribution in [0.1, 0.15) is 20.7 Å². The molecule has 2 aliphatic carbocycles. The number of rotatable bonds is 0. The van der Waals surface area contributed by atoms with Crippen molar-refractivity contribution in [2.24, 2.45) is 11.8 Å². The summed E-state index contributed by atoms with van der Waals surface area (Å²) in [6.07, 6.45) is 3.89. The van der Waals surface area contributed by atoms with Gasteiger partial charge >= 0.3 is 0 Å². The van der Waals surface area contributed by atoms with Gasteiger partial charge in [0.05, 0.1) is 11.8 Å². The standard InChI is InChI=1S/C22H12Br2O2/c23-15-3-1-11-7-17-19(9-13(11)5-15)22(26)20-10-14-6-16(24)4-2-12(14)8-18(20)21(17)25/h1-10,17,19H. The molecule has 0 bridgehead atoms. The minimum Gasteiger partial charge on any atom is -0.293 e. The molecule has 2 aliphatic rings. The zero-order chi connectivity index (χ0) is 18.0. The van der Waals surface area contributed by atoms with Crippen molar-refractivity contribution in [2.75, 3.05) is 0 Å². The Morgan fingerprint density at radius 3 is 1.92 bits per heavy atom. The Bertz CT molecular complexity index is 1260. The second-order valence-corrected chi connectivity index (χ2v) is 8.61. The Labute approximate surface area is 166 Å². The van der Waals surface area contributed by atoms with Gasteiger partial charge in [-0.3, -0.25) is 9.59 Å². The van der Waals surface area contributed by atoms with E-state index in [4.69, 9.17) is 0 Å². The molecule has 0 heterocycles. The Morgan fingerprint density at radius 1 is 0.615 bits per heavy atom. The highest BCUT2D eigenvalue weighted by Crippen LogP contribution is 2.36. The van der Waals surface area contributed by atoms with Gasteiger partial charge in [-0.05, 0) is 57.6 Å². The van der Waals surface area contributed by atoms with E-state index < -0.39 is 11.8 Å². The lowest BCUT2D eigenvalue weighted by molar-refractivity contribution is 0.0820. The van der Waals surface area contributed by atoms with E-state index in [0.29, 0.717) is 11.1 Å². The number of hydrogen-bond donors (Lipinski definition) is 0. The van der Waals surface area contributed by atoms with Gasteiger partial charge in [-0.2, -0.15) is 0 Å². The van der Waals surface area contributed by atoms with E-state index in [2.05, 4.69) is 31.9 Å². The van der Waals surface area contributed by atoms with Crippen LogP contribution in [0.15, 0.2) is 57.5 Å². The number of halogens is 2. The highest BCUT2D eigenvalue weighted by Gasteiger charge is 2.40. The molecule has 0 aliphatic heterocycles. The lowest BCUT2D eigenvalue weighted by atomic mass is 9.71. The summed E-state index contributed by atoms with van der Waals surface area (Å²) in [6.45, 7) is 0. The Morgan fingerprint density at radius 2 is 1.19 bits per heavy atom. The van der Waals surface area contributed by atoms with Crippen LogP contribution in [-0.2, 0) is 0 Å². The summed E-state index contributed by atoms with van der Waals surface area (Å²) in [4.78, 5) is 26.4. The number of hydrogen-bond acceptors (Lipinski definition) is 2. The van der Waals surface area contributed by atoms with E-state index in [-0.39, 0.29) is 11.6 Å². The van der Waals surface area contributed by atoms with Crippen molar-refractivity contribution < 1.29 is 9.59 Å². The van der Waals surface area contributed by atoms with Crippen LogP contribution >= 0.6 is 31.9 Å². The largest absolute Gasteiger partial charge is 0.293 e. The molecule has 3 aromatic rings. The number of carbonyl (C=O) groups is 2. The van der Waals surface area contributed by atoms with Crippen LogP contribution in [0.4, 0.5) is 0 Å². The first-order valence-electron chi connectivity index (χ1n) is 8.32. The van der Waals surface area contributed by atoms with Crippen molar-refractivity contribution >= 4 is 66.4 Å². The summed E-state index contributed by atoms with van der Waals surface area (Å²) >= 11 is 6.94. The molecule has 2 atom stereocenters. The summed E-state index contributed by atoms with van der Waals surface area (Å²) in [7, 11) is 0. The lowest BCUT2D eigenvalue weighted by Gasteiger charge is -2.29. The van der Waals surface area contributed by atoms with Gasteiger partial charge in [0.1, 0.15) is 0 Å². The molecule has 2 unspecified atom stereocenters. The van der Waals surface area contributed by atoms with Crippen LogP contribution in [0.2, 0.25) is 0 Å². The van der Waals surface area contributed by atoms with Gasteiger partial charge in [-0.1, -0.05) is 56.1 Å². The third-order valence-electron chi connectivity index (χ3n) is 5.23. The van der Waals surface area contributed by atoms with Crippen molar-refractivity contribution in [3.8, 4) is 0 Å². The second-order valence-electron chi connectivity index (χ2n) is 6.78. The van der Waals surface area contributed by atoms with E-state index in [0.717, 1.165) is 30.2 Å².